The normalized spacial score (nSPS) is 11.0. The van der Waals surface area contributed by atoms with Crippen LogP contribution >= 0.6 is 23.2 Å². The van der Waals surface area contributed by atoms with Gasteiger partial charge in [0.25, 0.3) is 0 Å². The topological polar surface area (TPSA) is 84.9 Å². The van der Waals surface area contributed by atoms with Gasteiger partial charge in [-0.05, 0) is 24.3 Å². The van der Waals surface area contributed by atoms with Crippen molar-refractivity contribution in [2.75, 3.05) is 36.6 Å². The summed E-state index contributed by atoms with van der Waals surface area (Å²) in [7, 11) is -0.866. The Balaban J connectivity index is 2.32. The Labute approximate surface area is 167 Å². The highest BCUT2D eigenvalue weighted by Gasteiger charge is 2.23. The monoisotopic (exact) mass is 432 g/mol. The molecule has 0 saturated heterocycles. The molecule has 0 aliphatic carbocycles. The molecule has 1 amide bonds. The van der Waals surface area contributed by atoms with Gasteiger partial charge in [0.05, 0.1) is 41.9 Å². The van der Waals surface area contributed by atoms with E-state index in [1.54, 1.807) is 24.3 Å². The summed E-state index contributed by atoms with van der Waals surface area (Å²) in [6.45, 7) is -0.476. The van der Waals surface area contributed by atoms with Crippen molar-refractivity contribution in [1.29, 1.82) is 0 Å². The number of hydrogen-bond donors (Lipinski definition) is 1. The average molecular weight is 433 g/mol. The van der Waals surface area contributed by atoms with Gasteiger partial charge < -0.3 is 14.8 Å². The number of hydrogen-bond acceptors (Lipinski definition) is 5. The largest absolute Gasteiger partial charge is 0.493 e. The molecule has 0 unspecified atom stereocenters. The molecule has 2 aromatic carbocycles. The summed E-state index contributed by atoms with van der Waals surface area (Å²) in [6, 6.07) is 9.28. The average Bonchev–Trinajstić information content (AvgIpc) is 2.61. The van der Waals surface area contributed by atoms with Crippen molar-refractivity contribution in [3.63, 3.8) is 0 Å². The fourth-order valence-corrected chi connectivity index (χ4v) is 3.65. The maximum atomic E-state index is 12.4. The highest BCUT2D eigenvalue weighted by Crippen LogP contribution is 2.33. The van der Waals surface area contributed by atoms with Crippen molar-refractivity contribution in [1.82, 2.24) is 0 Å². The van der Waals surface area contributed by atoms with Crippen LogP contribution in [0.5, 0.6) is 11.5 Å². The van der Waals surface area contributed by atoms with E-state index >= 15 is 0 Å². The number of sulfonamides is 1. The van der Waals surface area contributed by atoms with E-state index in [4.69, 9.17) is 32.7 Å². The van der Waals surface area contributed by atoms with E-state index < -0.39 is 22.5 Å². The van der Waals surface area contributed by atoms with Crippen molar-refractivity contribution in [3.8, 4) is 11.5 Å². The third-order valence-electron chi connectivity index (χ3n) is 3.57. The SMILES string of the molecule is COc1ccc(N(CC(=O)Nc2c(Cl)cccc2Cl)S(C)(=O)=O)cc1OC. The van der Waals surface area contributed by atoms with Crippen LogP contribution in [-0.4, -0.2) is 41.3 Å². The number of methoxy groups -OCH3 is 2. The van der Waals surface area contributed by atoms with Crippen LogP contribution in [0.3, 0.4) is 0 Å². The fourth-order valence-electron chi connectivity index (χ4n) is 2.31. The molecule has 27 heavy (non-hydrogen) atoms. The molecular weight excluding hydrogens is 415 g/mol. The molecule has 0 aliphatic rings. The Morgan fingerprint density at radius 3 is 2.19 bits per heavy atom. The molecule has 0 spiro atoms. The highest BCUT2D eigenvalue weighted by atomic mass is 35.5. The molecule has 0 saturated carbocycles. The smallest absolute Gasteiger partial charge is 0.245 e. The lowest BCUT2D eigenvalue weighted by Crippen LogP contribution is -2.37. The third kappa shape index (κ3) is 5.18. The first-order valence-corrected chi connectivity index (χ1v) is 10.2. The lowest BCUT2D eigenvalue weighted by atomic mass is 10.2. The number of benzene rings is 2. The molecule has 0 aromatic heterocycles. The quantitative estimate of drug-likeness (QED) is 0.724. The van der Waals surface area contributed by atoms with Crippen LogP contribution < -0.4 is 19.1 Å². The number of anilines is 2. The number of nitrogens with zero attached hydrogens (tertiary/aromatic N) is 1. The molecule has 0 fully saturated rings. The van der Waals surface area contributed by atoms with Crippen LogP contribution in [0.2, 0.25) is 10.0 Å². The van der Waals surface area contributed by atoms with E-state index in [0.29, 0.717) is 11.5 Å². The van der Waals surface area contributed by atoms with Gasteiger partial charge in [0.1, 0.15) is 6.54 Å². The minimum atomic E-state index is -3.76. The van der Waals surface area contributed by atoms with Gasteiger partial charge in [-0.25, -0.2) is 8.42 Å². The first kappa shape index (κ1) is 21.1. The fraction of sp³-hybridized carbons (Fsp3) is 0.235. The van der Waals surface area contributed by atoms with Crippen molar-refractivity contribution in [2.45, 2.75) is 0 Å². The van der Waals surface area contributed by atoms with E-state index in [2.05, 4.69) is 5.32 Å². The zero-order valence-electron chi connectivity index (χ0n) is 14.8. The maximum Gasteiger partial charge on any atom is 0.245 e. The van der Waals surface area contributed by atoms with Crippen molar-refractivity contribution < 1.29 is 22.7 Å². The van der Waals surface area contributed by atoms with Crippen LogP contribution in [0.25, 0.3) is 0 Å². The number of carbonyl (C=O) groups excluding carboxylic acids is 1. The lowest BCUT2D eigenvalue weighted by Gasteiger charge is -2.23. The summed E-state index contributed by atoms with van der Waals surface area (Å²) in [6.07, 6.45) is 0.999. The first-order valence-electron chi connectivity index (χ1n) is 7.61. The summed E-state index contributed by atoms with van der Waals surface area (Å²) < 4.78 is 35.7. The zero-order chi connectivity index (χ0) is 20.2. The number of ether oxygens (including phenoxy) is 2. The second kappa shape index (κ2) is 8.69. The third-order valence-corrected chi connectivity index (χ3v) is 5.34. The van der Waals surface area contributed by atoms with Gasteiger partial charge in [0.2, 0.25) is 15.9 Å². The predicted octanol–water partition coefficient (Wildman–Crippen LogP) is 3.42. The van der Waals surface area contributed by atoms with E-state index in [1.165, 1.54) is 26.4 Å². The van der Waals surface area contributed by atoms with Crippen LogP contribution in [0.1, 0.15) is 0 Å². The van der Waals surface area contributed by atoms with E-state index in [1.807, 2.05) is 0 Å². The molecule has 2 rings (SSSR count). The molecule has 0 aliphatic heterocycles. The maximum absolute atomic E-state index is 12.4. The number of amides is 1. The molecule has 0 bridgehead atoms. The number of rotatable bonds is 7. The molecular formula is C17H18Cl2N2O5S. The van der Waals surface area contributed by atoms with Crippen molar-refractivity contribution >= 4 is 50.5 Å². The van der Waals surface area contributed by atoms with Gasteiger partial charge in [0.15, 0.2) is 11.5 Å². The van der Waals surface area contributed by atoms with Crippen molar-refractivity contribution in [3.05, 3.63) is 46.4 Å². The summed E-state index contributed by atoms with van der Waals surface area (Å²) in [5, 5.41) is 3.02. The minimum Gasteiger partial charge on any atom is -0.493 e. The lowest BCUT2D eigenvalue weighted by molar-refractivity contribution is -0.114. The Morgan fingerprint density at radius 1 is 1.07 bits per heavy atom. The first-order chi connectivity index (χ1) is 12.7. The Kier molecular flexibility index (Phi) is 6.80. The van der Waals surface area contributed by atoms with Gasteiger partial charge in [-0.3, -0.25) is 9.10 Å². The summed E-state index contributed by atoms with van der Waals surface area (Å²) in [4.78, 5) is 12.4. The second-order valence-electron chi connectivity index (χ2n) is 5.45. The predicted molar refractivity (Wildman–Crippen MR) is 107 cm³/mol. The minimum absolute atomic E-state index is 0.214. The van der Waals surface area contributed by atoms with Crippen LogP contribution in [0.4, 0.5) is 11.4 Å². The summed E-state index contributed by atoms with van der Waals surface area (Å²) in [5.41, 5.74) is 0.460. The van der Waals surface area contributed by atoms with Crippen molar-refractivity contribution in [2.24, 2.45) is 0 Å². The molecule has 2 aromatic rings. The molecule has 1 N–H and O–H groups in total. The Morgan fingerprint density at radius 2 is 1.67 bits per heavy atom. The zero-order valence-corrected chi connectivity index (χ0v) is 17.2. The van der Waals surface area contributed by atoms with Gasteiger partial charge in [-0.1, -0.05) is 29.3 Å². The Hall–Kier alpha value is -2.16. The van der Waals surface area contributed by atoms with Gasteiger partial charge in [-0.2, -0.15) is 0 Å². The van der Waals surface area contributed by atoms with Crippen LogP contribution in [-0.2, 0) is 14.8 Å². The summed E-state index contributed by atoms with van der Waals surface area (Å²) >= 11 is 12.1. The highest BCUT2D eigenvalue weighted by molar-refractivity contribution is 7.92. The standard InChI is InChI=1S/C17H18Cl2N2O5S/c1-25-14-8-7-11(9-15(14)26-2)21(27(3,23)24)10-16(22)20-17-12(18)5-4-6-13(17)19/h4-9H,10H2,1-3H3,(H,20,22). The van der Waals surface area contributed by atoms with Gasteiger partial charge in [-0.15, -0.1) is 0 Å². The molecule has 146 valence electrons. The molecule has 0 atom stereocenters. The summed E-state index contributed by atoms with van der Waals surface area (Å²) in [5.74, 6) is 0.158. The number of para-hydroxylation sites is 1. The van der Waals surface area contributed by atoms with Gasteiger partial charge in [0, 0.05) is 6.07 Å². The molecule has 0 heterocycles. The second-order valence-corrected chi connectivity index (χ2v) is 8.17. The number of carbonyl (C=O) groups is 1. The van der Waals surface area contributed by atoms with Crippen LogP contribution in [0.15, 0.2) is 36.4 Å². The number of halogens is 2. The Bertz CT molecular complexity index is 930. The van der Waals surface area contributed by atoms with Gasteiger partial charge >= 0.3 is 0 Å². The molecule has 10 heteroatoms. The molecule has 7 nitrogen and oxygen atoms in total. The van der Waals surface area contributed by atoms with Crippen LogP contribution in [0, 0.1) is 0 Å². The van der Waals surface area contributed by atoms with E-state index in [9.17, 15) is 13.2 Å². The van der Waals surface area contributed by atoms with E-state index in [0.717, 1.165) is 10.6 Å². The van der Waals surface area contributed by atoms with E-state index in [-0.39, 0.29) is 21.4 Å². The number of nitrogens with one attached hydrogen (secondary N) is 1. The molecule has 0 radical (unpaired) electrons.